The van der Waals surface area contributed by atoms with E-state index < -0.39 is 0 Å². The van der Waals surface area contributed by atoms with Crippen LogP contribution < -0.4 is 5.73 Å². The topological polar surface area (TPSA) is 61.0 Å². The van der Waals surface area contributed by atoms with Gasteiger partial charge < -0.3 is 10.5 Å². The summed E-state index contributed by atoms with van der Waals surface area (Å²) in [5, 5.41) is 0. The van der Waals surface area contributed by atoms with Gasteiger partial charge in [0.05, 0.1) is 36.1 Å². The number of hydrogen-bond donors (Lipinski definition) is 1. The predicted octanol–water partition coefficient (Wildman–Crippen LogP) is 2.93. The molecule has 2 rings (SSSR count). The SMILES string of the molecule is C=C/C(=C\C=C\OC)c1nc2c(nc1C)CC=CC(N)=C2. The molecule has 0 saturated carbocycles. The zero-order valence-corrected chi connectivity index (χ0v) is 12.3. The normalized spacial score (nSPS) is 14.6. The van der Waals surface area contributed by atoms with Crippen LogP contribution in [0.3, 0.4) is 0 Å². The van der Waals surface area contributed by atoms with E-state index in [-0.39, 0.29) is 0 Å². The first-order valence-corrected chi connectivity index (χ1v) is 6.69. The number of rotatable bonds is 4. The van der Waals surface area contributed by atoms with E-state index >= 15 is 0 Å². The highest BCUT2D eigenvalue weighted by Gasteiger charge is 2.12. The molecular weight excluding hydrogens is 262 g/mol. The molecule has 1 aliphatic carbocycles. The van der Waals surface area contributed by atoms with E-state index in [0.29, 0.717) is 5.70 Å². The van der Waals surface area contributed by atoms with Crippen LogP contribution in [0.15, 0.2) is 48.9 Å². The highest BCUT2D eigenvalue weighted by molar-refractivity contribution is 5.74. The van der Waals surface area contributed by atoms with E-state index in [4.69, 9.17) is 15.5 Å². The highest BCUT2D eigenvalue weighted by Crippen LogP contribution is 2.21. The maximum absolute atomic E-state index is 5.89. The maximum Gasteiger partial charge on any atom is 0.0921 e. The molecular formula is C17H19N3O. The van der Waals surface area contributed by atoms with Crippen molar-refractivity contribution in [1.82, 2.24) is 9.97 Å². The van der Waals surface area contributed by atoms with Crippen LogP contribution in [0.5, 0.6) is 0 Å². The lowest BCUT2D eigenvalue weighted by Crippen LogP contribution is -2.04. The molecule has 4 nitrogen and oxygen atoms in total. The first kappa shape index (κ1) is 14.8. The molecule has 0 amide bonds. The number of hydrogen-bond acceptors (Lipinski definition) is 4. The second-order valence-corrected chi connectivity index (χ2v) is 4.63. The van der Waals surface area contributed by atoms with E-state index in [1.807, 2.05) is 31.2 Å². The summed E-state index contributed by atoms with van der Waals surface area (Å²) in [6.45, 7) is 5.79. The van der Waals surface area contributed by atoms with Crippen molar-refractivity contribution in [2.45, 2.75) is 13.3 Å². The summed E-state index contributed by atoms with van der Waals surface area (Å²) in [7, 11) is 1.60. The Bertz CT molecular complexity index is 667. The van der Waals surface area contributed by atoms with Crippen LogP contribution in [0.1, 0.15) is 22.8 Å². The van der Waals surface area contributed by atoms with Gasteiger partial charge in [0.1, 0.15) is 0 Å². The third-order valence-corrected chi connectivity index (χ3v) is 3.08. The molecule has 0 fully saturated rings. The smallest absolute Gasteiger partial charge is 0.0921 e. The molecule has 0 saturated heterocycles. The lowest BCUT2D eigenvalue weighted by molar-refractivity contribution is 0.338. The largest absolute Gasteiger partial charge is 0.504 e. The quantitative estimate of drug-likeness (QED) is 0.681. The lowest BCUT2D eigenvalue weighted by atomic mass is 10.1. The fraction of sp³-hybridized carbons (Fsp3) is 0.176. The average Bonchev–Trinajstić information content (AvgIpc) is 2.64. The van der Waals surface area contributed by atoms with Gasteiger partial charge in [0.25, 0.3) is 0 Å². The summed E-state index contributed by atoms with van der Waals surface area (Å²) in [5.74, 6) is 0. The Morgan fingerprint density at radius 2 is 2.24 bits per heavy atom. The van der Waals surface area contributed by atoms with Crippen LogP contribution in [-0.2, 0) is 11.2 Å². The minimum absolute atomic E-state index is 0.682. The molecule has 2 N–H and O–H groups in total. The van der Waals surface area contributed by atoms with E-state index in [9.17, 15) is 0 Å². The van der Waals surface area contributed by atoms with Gasteiger partial charge in [-0.2, -0.15) is 0 Å². The highest BCUT2D eigenvalue weighted by atomic mass is 16.5. The van der Waals surface area contributed by atoms with Crippen LogP contribution in [-0.4, -0.2) is 17.1 Å². The number of nitrogens with zero attached hydrogens (tertiary/aromatic N) is 2. The number of allylic oxidation sites excluding steroid dienone is 6. The van der Waals surface area contributed by atoms with Crippen molar-refractivity contribution in [3.05, 3.63) is 71.7 Å². The molecule has 1 aliphatic rings. The van der Waals surface area contributed by atoms with Gasteiger partial charge in [-0.3, -0.25) is 4.98 Å². The third-order valence-electron chi connectivity index (χ3n) is 3.08. The van der Waals surface area contributed by atoms with E-state index in [0.717, 1.165) is 34.8 Å². The van der Waals surface area contributed by atoms with Crippen LogP contribution in [0.25, 0.3) is 11.6 Å². The van der Waals surface area contributed by atoms with Gasteiger partial charge in [-0.15, -0.1) is 0 Å². The predicted molar refractivity (Wildman–Crippen MR) is 86.1 cm³/mol. The molecule has 0 aliphatic heterocycles. The van der Waals surface area contributed by atoms with Crippen molar-refractivity contribution >= 4 is 11.6 Å². The molecule has 1 aromatic rings. The van der Waals surface area contributed by atoms with Crippen LogP contribution in [0.4, 0.5) is 0 Å². The molecule has 0 atom stereocenters. The minimum atomic E-state index is 0.682. The fourth-order valence-electron chi connectivity index (χ4n) is 2.10. The van der Waals surface area contributed by atoms with Crippen molar-refractivity contribution in [1.29, 1.82) is 0 Å². The molecule has 0 radical (unpaired) electrons. The Morgan fingerprint density at radius 3 is 2.95 bits per heavy atom. The Morgan fingerprint density at radius 1 is 1.43 bits per heavy atom. The Kier molecular flexibility index (Phi) is 4.72. The molecule has 0 spiro atoms. The molecule has 0 unspecified atom stereocenters. The molecule has 1 heterocycles. The minimum Gasteiger partial charge on any atom is -0.504 e. The molecule has 4 heteroatoms. The van der Waals surface area contributed by atoms with Crippen molar-refractivity contribution < 1.29 is 4.74 Å². The third kappa shape index (κ3) is 3.48. The van der Waals surface area contributed by atoms with E-state index in [2.05, 4.69) is 11.6 Å². The first-order chi connectivity index (χ1) is 10.2. The van der Waals surface area contributed by atoms with Gasteiger partial charge in [0.15, 0.2) is 0 Å². The fourth-order valence-corrected chi connectivity index (χ4v) is 2.10. The number of ether oxygens (including phenoxy) is 1. The second kappa shape index (κ2) is 6.70. The van der Waals surface area contributed by atoms with Crippen molar-refractivity contribution in [2.24, 2.45) is 5.73 Å². The second-order valence-electron chi connectivity index (χ2n) is 4.63. The molecule has 0 aromatic carbocycles. The van der Waals surface area contributed by atoms with Crippen LogP contribution >= 0.6 is 0 Å². The zero-order valence-electron chi connectivity index (χ0n) is 12.3. The van der Waals surface area contributed by atoms with E-state index in [1.165, 1.54) is 0 Å². The number of nitrogens with two attached hydrogens (primary N) is 1. The Balaban J connectivity index is 2.51. The summed E-state index contributed by atoms with van der Waals surface area (Å²) in [6.07, 6.45) is 13.5. The van der Waals surface area contributed by atoms with Gasteiger partial charge in [0.2, 0.25) is 0 Å². The van der Waals surface area contributed by atoms with Crippen molar-refractivity contribution in [3.8, 4) is 0 Å². The standard InChI is InChI=1S/C17H19N3O/c1-4-13(7-6-10-21-3)17-12(2)19-15-9-5-8-14(18)11-16(15)20-17/h4-8,10-11H,1,9,18H2,2-3H3/b10-6+,13-7+. The summed E-state index contributed by atoms with van der Waals surface area (Å²) >= 11 is 0. The average molecular weight is 281 g/mol. The zero-order chi connectivity index (χ0) is 15.2. The summed E-state index contributed by atoms with van der Waals surface area (Å²) in [5.41, 5.74) is 10.9. The van der Waals surface area contributed by atoms with Gasteiger partial charge >= 0.3 is 0 Å². The van der Waals surface area contributed by atoms with Gasteiger partial charge in [0, 0.05) is 17.7 Å². The monoisotopic (exact) mass is 281 g/mol. The first-order valence-electron chi connectivity index (χ1n) is 6.69. The maximum atomic E-state index is 5.89. The van der Waals surface area contributed by atoms with Gasteiger partial charge in [-0.25, -0.2) is 4.98 Å². The van der Waals surface area contributed by atoms with Crippen molar-refractivity contribution in [3.63, 3.8) is 0 Å². The van der Waals surface area contributed by atoms with Gasteiger partial charge in [-0.1, -0.05) is 18.7 Å². The number of fused-ring (bicyclic) bond motifs is 1. The van der Waals surface area contributed by atoms with E-state index in [1.54, 1.807) is 25.5 Å². The summed E-state index contributed by atoms with van der Waals surface area (Å²) < 4.78 is 4.89. The number of methoxy groups -OCH3 is 1. The lowest BCUT2D eigenvalue weighted by Gasteiger charge is -2.09. The Labute approximate surface area is 125 Å². The summed E-state index contributed by atoms with van der Waals surface area (Å²) in [4.78, 5) is 9.35. The van der Waals surface area contributed by atoms with Crippen LogP contribution in [0.2, 0.25) is 0 Å². The number of aryl methyl sites for hydroxylation is 1. The molecule has 21 heavy (non-hydrogen) atoms. The van der Waals surface area contributed by atoms with Crippen LogP contribution in [0, 0.1) is 6.92 Å². The molecule has 1 aromatic heterocycles. The molecule has 108 valence electrons. The Hall–Kier alpha value is -2.62. The van der Waals surface area contributed by atoms with Crippen molar-refractivity contribution in [2.75, 3.05) is 7.11 Å². The number of aromatic nitrogens is 2. The molecule has 0 bridgehead atoms. The van der Waals surface area contributed by atoms with Gasteiger partial charge in [-0.05, 0) is 31.2 Å². The summed E-state index contributed by atoms with van der Waals surface area (Å²) in [6, 6.07) is 0.